The highest BCUT2D eigenvalue weighted by Crippen LogP contribution is 2.25. The number of ether oxygens (including phenoxy) is 2. The van der Waals surface area contributed by atoms with E-state index >= 15 is 0 Å². The van der Waals surface area contributed by atoms with Crippen molar-refractivity contribution < 1.29 is 14.3 Å². The topological polar surface area (TPSA) is 80.4 Å². The maximum atomic E-state index is 12.1. The van der Waals surface area contributed by atoms with E-state index in [1.807, 2.05) is 12.1 Å². The van der Waals surface area contributed by atoms with Gasteiger partial charge in [-0.3, -0.25) is 9.59 Å². The van der Waals surface area contributed by atoms with Crippen LogP contribution in [0.25, 0.3) is 0 Å². The molecule has 0 radical (unpaired) electrons. The van der Waals surface area contributed by atoms with E-state index < -0.39 is 0 Å². The highest BCUT2D eigenvalue weighted by Gasteiger charge is 2.18. The molecule has 1 aromatic heterocycles. The molecule has 0 atom stereocenters. The SMILES string of the molecule is O=C(Nc1cccc(C2OCCO2)c1)c1cc[nH]c(=O)c1. The van der Waals surface area contributed by atoms with Crippen LogP contribution in [-0.4, -0.2) is 24.1 Å². The van der Waals surface area contributed by atoms with Crippen LogP contribution in [0.15, 0.2) is 47.4 Å². The molecule has 0 saturated carbocycles. The van der Waals surface area contributed by atoms with Crippen LogP contribution in [0.1, 0.15) is 22.2 Å². The number of H-pyrrole nitrogens is 1. The molecule has 0 unspecified atom stereocenters. The number of anilines is 1. The first-order valence-corrected chi connectivity index (χ1v) is 6.56. The summed E-state index contributed by atoms with van der Waals surface area (Å²) in [5.74, 6) is -0.341. The van der Waals surface area contributed by atoms with E-state index in [9.17, 15) is 9.59 Å². The molecule has 1 amide bonds. The van der Waals surface area contributed by atoms with E-state index in [1.165, 1.54) is 12.3 Å². The summed E-state index contributed by atoms with van der Waals surface area (Å²) in [6, 6.07) is 10.0. The number of hydrogen-bond acceptors (Lipinski definition) is 4. The average Bonchev–Trinajstić information content (AvgIpc) is 3.02. The predicted octanol–water partition coefficient (Wildman–Crippen LogP) is 1.67. The number of rotatable bonds is 3. The van der Waals surface area contributed by atoms with Gasteiger partial charge in [0.05, 0.1) is 13.2 Å². The Morgan fingerprint density at radius 2 is 2.00 bits per heavy atom. The van der Waals surface area contributed by atoms with Gasteiger partial charge in [-0.1, -0.05) is 12.1 Å². The van der Waals surface area contributed by atoms with Crippen LogP contribution in [0.3, 0.4) is 0 Å². The highest BCUT2D eigenvalue weighted by molar-refractivity contribution is 6.04. The van der Waals surface area contributed by atoms with Gasteiger partial charge in [0.15, 0.2) is 6.29 Å². The van der Waals surface area contributed by atoms with Crippen LogP contribution < -0.4 is 10.9 Å². The van der Waals surface area contributed by atoms with Crippen molar-refractivity contribution in [3.8, 4) is 0 Å². The van der Waals surface area contributed by atoms with E-state index in [1.54, 1.807) is 18.2 Å². The second-order valence-electron chi connectivity index (χ2n) is 4.59. The molecule has 1 aromatic carbocycles. The third-order valence-corrected chi connectivity index (χ3v) is 3.08. The Labute approximate surface area is 120 Å². The molecule has 1 saturated heterocycles. The molecule has 1 aliphatic rings. The van der Waals surface area contributed by atoms with Gasteiger partial charge in [-0.2, -0.15) is 0 Å². The molecule has 0 spiro atoms. The van der Waals surface area contributed by atoms with Crippen molar-refractivity contribution in [3.05, 3.63) is 64.1 Å². The lowest BCUT2D eigenvalue weighted by Gasteiger charge is -2.11. The standard InChI is InChI=1S/C15H14N2O4/c18-13-9-10(4-5-16-13)14(19)17-12-3-1-2-11(8-12)15-20-6-7-21-15/h1-5,8-9,15H,6-7H2,(H,16,18)(H,17,19). The molecular weight excluding hydrogens is 272 g/mol. The lowest BCUT2D eigenvalue weighted by atomic mass is 10.2. The highest BCUT2D eigenvalue weighted by atomic mass is 16.7. The number of aromatic amines is 1. The van der Waals surface area contributed by atoms with Crippen molar-refractivity contribution >= 4 is 11.6 Å². The van der Waals surface area contributed by atoms with Crippen molar-refractivity contribution in [3.63, 3.8) is 0 Å². The van der Waals surface area contributed by atoms with E-state index in [4.69, 9.17) is 9.47 Å². The van der Waals surface area contributed by atoms with Gasteiger partial charge in [-0.15, -0.1) is 0 Å². The van der Waals surface area contributed by atoms with Gasteiger partial charge in [0.1, 0.15) is 0 Å². The summed E-state index contributed by atoms with van der Waals surface area (Å²) in [7, 11) is 0. The zero-order valence-electron chi connectivity index (χ0n) is 11.2. The Balaban J connectivity index is 1.77. The molecule has 21 heavy (non-hydrogen) atoms. The van der Waals surface area contributed by atoms with Crippen LogP contribution >= 0.6 is 0 Å². The maximum absolute atomic E-state index is 12.1. The van der Waals surface area contributed by atoms with Crippen molar-refractivity contribution in [1.29, 1.82) is 0 Å². The minimum Gasteiger partial charge on any atom is -0.346 e. The minimum atomic E-state index is -0.388. The van der Waals surface area contributed by atoms with Gasteiger partial charge < -0.3 is 19.8 Å². The zero-order valence-corrected chi connectivity index (χ0v) is 11.2. The third-order valence-electron chi connectivity index (χ3n) is 3.08. The second-order valence-corrected chi connectivity index (χ2v) is 4.59. The molecule has 1 fully saturated rings. The lowest BCUT2D eigenvalue weighted by Crippen LogP contribution is -2.15. The third kappa shape index (κ3) is 3.18. The number of aromatic nitrogens is 1. The van der Waals surface area contributed by atoms with Crippen LogP contribution in [0, 0.1) is 0 Å². The molecule has 2 N–H and O–H groups in total. The average molecular weight is 286 g/mol. The quantitative estimate of drug-likeness (QED) is 0.899. The largest absolute Gasteiger partial charge is 0.346 e. The van der Waals surface area contributed by atoms with Crippen molar-refractivity contribution in [2.45, 2.75) is 6.29 Å². The number of hydrogen-bond donors (Lipinski definition) is 2. The summed E-state index contributed by atoms with van der Waals surface area (Å²) in [6.45, 7) is 1.13. The Bertz CT molecular complexity index is 705. The molecule has 0 aliphatic carbocycles. The first-order chi connectivity index (χ1) is 10.2. The smallest absolute Gasteiger partial charge is 0.255 e. The zero-order chi connectivity index (χ0) is 14.7. The molecule has 6 nitrogen and oxygen atoms in total. The van der Waals surface area contributed by atoms with Crippen molar-refractivity contribution in [2.24, 2.45) is 0 Å². The van der Waals surface area contributed by atoms with Gasteiger partial charge in [-0.05, 0) is 18.2 Å². The summed E-state index contributed by atoms with van der Waals surface area (Å²) in [6.07, 6.45) is 1.05. The summed E-state index contributed by atoms with van der Waals surface area (Å²) < 4.78 is 10.8. The predicted molar refractivity (Wildman–Crippen MR) is 76.1 cm³/mol. The van der Waals surface area contributed by atoms with Crippen molar-refractivity contribution in [1.82, 2.24) is 4.98 Å². The molecular formula is C15H14N2O4. The molecule has 1 aliphatic heterocycles. The Hall–Kier alpha value is -2.44. The molecule has 0 bridgehead atoms. The molecule has 2 heterocycles. The summed E-state index contributed by atoms with van der Waals surface area (Å²) in [4.78, 5) is 25.7. The second kappa shape index (κ2) is 5.90. The van der Waals surface area contributed by atoms with Gasteiger partial charge in [0, 0.05) is 29.1 Å². The van der Waals surface area contributed by atoms with Crippen LogP contribution in [0.2, 0.25) is 0 Å². The van der Waals surface area contributed by atoms with E-state index in [2.05, 4.69) is 10.3 Å². The lowest BCUT2D eigenvalue weighted by molar-refractivity contribution is -0.0440. The number of carbonyl (C=O) groups is 1. The van der Waals surface area contributed by atoms with Gasteiger partial charge in [0.25, 0.3) is 5.91 Å². The van der Waals surface area contributed by atoms with Crippen LogP contribution in [0.4, 0.5) is 5.69 Å². The van der Waals surface area contributed by atoms with Crippen LogP contribution in [-0.2, 0) is 9.47 Å². The summed E-state index contributed by atoms with van der Waals surface area (Å²) in [5, 5.41) is 2.75. The first kappa shape index (κ1) is 13.5. The van der Waals surface area contributed by atoms with Gasteiger partial charge >= 0.3 is 0 Å². The fraction of sp³-hybridized carbons (Fsp3) is 0.200. The Morgan fingerprint density at radius 1 is 1.19 bits per heavy atom. The Morgan fingerprint density at radius 3 is 2.76 bits per heavy atom. The van der Waals surface area contributed by atoms with Crippen LogP contribution in [0.5, 0.6) is 0 Å². The first-order valence-electron chi connectivity index (χ1n) is 6.56. The number of pyridine rings is 1. The molecule has 108 valence electrons. The monoisotopic (exact) mass is 286 g/mol. The number of benzene rings is 1. The molecule has 3 rings (SSSR count). The van der Waals surface area contributed by atoms with E-state index in [-0.39, 0.29) is 17.8 Å². The maximum Gasteiger partial charge on any atom is 0.255 e. The number of carbonyl (C=O) groups excluding carboxylic acids is 1. The number of amides is 1. The van der Waals surface area contributed by atoms with E-state index in [0.717, 1.165) is 5.56 Å². The fourth-order valence-electron chi connectivity index (χ4n) is 2.10. The molecule has 2 aromatic rings. The normalized spacial score (nSPS) is 15.0. The fourth-order valence-corrected chi connectivity index (χ4v) is 2.10. The Kier molecular flexibility index (Phi) is 3.81. The summed E-state index contributed by atoms with van der Waals surface area (Å²) >= 11 is 0. The van der Waals surface area contributed by atoms with Gasteiger partial charge in [-0.25, -0.2) is 0 Å². The molecule has 6 heteroatoms. The summed E-state index contributed by atoms with van der Waals surface area (Å²) in [5.41, 5.74) is 1.45. The minimum absolute atomic E-state index is 0.303. The van der Waals surface area contributed by atoms with Crippen molar-refractivity contribution in [2.75, 3.05) is 18.5 Å². The van der Waals surface area contributed by atoms with E-state index in [0.29, 0.717) is 24.5 Å². The number of nitrogens with one attached hydrogen (secondary N) is 2. The van der Waals surface area contributed by atoms with Gasteiger partial charge in [0.2, 0.25) is 5.56 Å².